The quantitative estimate of drug-likeness (QED) is 0.499. The molecule has 0 spiro atoms. The molecule has 5 N–H and O–H groups in total. The third kappa shape index (κ3) is 4.58. The average Bonchev–Trinajstić information content (AvgIpc) is 2.69. The average molecular weight is 412 g/mol. The summed E-state index contributed by atoms with van der Waals surface area (Å²) in [5.74, 6) is -1.84. The molecule has 0 aromatic heterocycles. The molecule has 0 heterocycles. The lowest BCUT2D eigenvalue weighted by atomic mass is 9.97. The first-order valence-electron chi connectivity index (χ1n) is 9.32. The molecule has 3 rings (SSSR count). The number of carboxylic acid groups (broad SMARTS) is 1. The van der Waals surface area contributed by atoms with Gasteiger partial charge in [-0.1, -0.05) is 36.4 Å². The standard InChI is InChI=1S/C23H22F2N2O3/c1-13(26)17-6-4-7-18(23(17)25)15-9-16(22(24)19(27)10-15)12-30-20-8-3-2-5-14(20)11-21(28)29/h2-10,13H,11-12,26-27H2,1H3,(H,28,29)/t13-/m1/s1. The van der Waals surface area contributed by atoms with Gasteiger partial charge >= 0.3 is 5.97 Å². The summed E-state index contributed by atoms with van der Waals surface area (Å²) in [4.78, 5) is 11.0. The zero-order valence-electron chi connectivity index (χ0n) is 16.4. The summed E-state index contributed by atoms with van der Waals surface area (Å²) in [6, 6.07) is 13.8. The number of para-hydroxylation sites is 1. The number of anilines is 1. The molecule has 0 radical (unpaired) electrons. The fourth-order valence-electron chi connectivity index (χ4n) is 3.20. The van der Waals surface area contributed by atoms with Crippen LogP contribution in [0.4, 0.5) is 14.5 Å². The van der Waals surface area contributed by atoms with Crippen LogP contribution in [0.15, 0.2) is 54.6 Å². The molecular formula is C23H22F2N2O3. The number of ether oxygens (including phenoxy) is 1. The third-order valence-electron chi connectivity index (χ3n) is 4.70. The van der Waals surface area contributed by atoms with Crippen molar-refractivity contribution >= 4 is 11.7 Å². The first-order chi connectivity index (χ1) is 14.3. The van der Waals surface area contributed by atoms with E-state index in [4.69, 9.17) is 21.3 Å². The predicted octanol–water partition coefficient (Wildman–Crippen LogP) is 4.44. The number of hydrogen-bond acceptors (Lipinski definition) is 4. The van der Waals surface area contributed by atoms with Crippen molar-refractivity contribution in [2.75, 3.05) is 5.73 Å². The Morgan fingerprint density at radius 1 is 1.07 bits per heavy atom. The van der Waals surface area contributed by atoms with Gasteiger partial charge in [-0.25, -0.2) is 8.78 Å². The van der Waals surface area contributed by atoms with E-state index in [1.807, 2.05) is 0 Å². The van der Waals surface area contributed by atoms with Crippen LogP contribution in [-0.2, 0) is 17.8 Å². The predicted molar refractivity (Wildman–Crippen MR) is 111 cm³/mol. The molecule has 30 heavy (non-hydrogen) atoms. The van der Waals surface area contributed by atoms with E-state index in [1.54, 1.807) is 49.4 Å². The summed E-state index contributed by atoms with van der Waals surface area (Å²) in [5, 5.41) is 9.03. The van der Waals surface area contributed by atoms with E-state index in [1.165, 1.54) is 12.1 Å². The maximum atomic E-state index is 14.9. The highest BCUT2D eigenvalue weighted by atomic mass is 19.1. The molecule has 7 heteroatoms. The van der Waals surface area contributed by atoms with Gasteiger partial charge in [0.15, 0.2) is 5.82 Å². The monoisotopic (exact) mass is 412 g/mol. The number of carboxylic acids is 1. The highest BCUT2D eigenvalue weighted by Gasteiger charge is 2.17. The van der Waals surface area contributed by atoms with E-state index in [2.05, 4.69) is 0 Å². The molecule has 0 saturated carbocycles. The lowest BCUT2D eigenvalue weighted by molar-refractivity contribution is -0.136. The van der Waals surface area contributed by atoms with Crippen molar-refractivity contribution in [3.8, 4) is 16.9 Å². The second-order valence-electron chi connectivity index (χ2n) is 7.00. The minimum Gasteiger partial charge on any atom is -0.488 e. The smallest absolute Gasteiger partial charge is 0.307 e. The van der Waals surface area contributed by atoms with Gasteiger partial charge in [0.05, 0.1) is 12.1 Å². The van der Waals surface area contributed by atoms with Crippen molar-refractivity contribution in [3.63, 3.8) is 0 Å². The molecular weight excluding hydrogens is 390 g/mol. The summed E-state index contributed by atoms with van der Waals surface area (Å²) < 4.78 is 35.2. The molecule has 3 aromatic rings. The molecule has 1 atom stereocenters. The number of aliphatic carboxylic acids is 1. The van der Waals surface area contributed by atoms with Crippen molar-refractivity contribution in [2.24, 2.45) is 5.73 Å². The summed E-state index contributed by atoms with van der Waals surface area (Å²) in [6.45, 7) is 1.48. The molecule has 0 aliphatic rings. The Kier molecular flexibility index (Phi) is 6.32. The zero-order chi connectivity index (χ0) is 21.8. The number of carbonyl (C=O) groups is 1. The van der Waals surface area contributed by atoms with Gasteiger partial charge in [0.2, 0.25) is 0 Å². The van der Waals surface area contributed by atoms with Crippen LogP contribution in [0.3, 0.4) is 0 Å². The van der Waals surface area contributed by atoms with Crippen LogP contribution in [0.2, 0.25) is 0 Å². The first kappa shape index (κ1) is 21.3. The minimum atomic E-state index is -1.01. The lowest BCUT2D eigenvalue weighted by Crippen LogP contribution is -2.08. The van der Waals surface area contributed by atoms with Gasteiger partial charge in [-0.3, -0.25) is 4.79 Å². The Bertz CT molecular complexity index is 1080. The van der Waals surface area contributed by atoms with Gasteiger partial charge in [-0.2, -0.15) is 0 Å². The van der Waals surface area contributed by atoms with Crippen molar-refractivity contribution in [1.29, 1.82) is 0 Å². The summed E-state index contributed by atoms with van der Waals surface area (Å²) in [5.41, 5.74) is 13.1. The second kappa shape index (κ2) is 8.92. The van der Waals surface area contributed by atoms with Crippen LogP contribution in [-0.4, -0.2) is 11.1 Å². The summed E-state index contributed by atoms with van der Waals surface area (Å²) in [6.07, 6.45) is -0.226. The molecule has 156 valence electrons. The van der Waals surface area contributed by atoms with E-state index in [0.717, 1.165) is 0 Å². The highest BCUT2D eigenvalue weighted by Crippen LogP contribution is 2.32. The normalized spacial score (nSPS) is 11.9. The summed E-state index contributed by atoms with van der Waals surface area (Å²) >= 11 is 0. The molecule has 5 nitrogen and oxygen atoms in total. The van der Waals surface area contributed by atoms with Crippen LogP contribution in [0.25, 0.3) is 11.1 Å². The van der Waals surface area contributed by atoms with E-state index >= 15 is 0 Å². The number of rotatable bonds is 7. The number of nitrogens with two attached hydrogens (primary N) is 2. The van der Waals surface area contributed by atoms with Crippen LogP contribution in [0, 0.1) is 11.6 Å². The zero-order valence-corrected chi connectivity index (χ0v) is 16.4. The van der Waals surface area contributed by atoms with E-state index in [-0.39, 0.29) is 29.8 Å². The van der Waals surface area contributed by atoms with Crippen molar-refractivity contribution in [1.82, 2.24) is 0 Å². The molecule has 0 bridgehead atoms. The van der Waals surface area contributed by atoms with Crippen LogP contribution in [0.1, 0.15) is 29.7 Å². The topological polar surface area (TPSA) is 98.6 Å². The maximum Gasteiger partial charge on any atom is 0.307 e. The van der Waals surface area contributed by atoms with Gasteiger partial charge in [-0.15, -0.1) is 0 Å². The van der Waals surface area contributed by atoms with Gasteiger partial charge in [0, 0.05) is 28.3 Å². The largest absolute Gasteiger partial charge is 0.488 e. The number of halogens is 2. The Morgan fingerprint density at radius 3 is 2.50 bits per heavy atom. The molecule has 0 amide bonds. The maximum absolute atomic E-state index is 14.9. The third-order valence-corrected chi connectivity index (χ3v) is 4.70. The van der Waals surface area contributed by atoms with Gasteiger partial charge in [0.25, 0.3) is 0 Å². The van der Waals surface area contributed by atoms with E-state index in [0.29, 0.717) is 22.4 Å². The van der Waals surface area contributed by atoms with E-state index < -0.39 is 23.6 Å². The Balaban J connectivity index is 1.94. The number of benzene rings is 3. The molecule has 0 saturated heterocycles. The summed E-state index contributed by atoms with van der Waals surface area (Å²) in [7, 11) is 0. The molecule has 0 fully saturated rings. The van der Waals surface area contributed by atoms with Crippen molar-refractivity contribution < 1.29 is 23.4 Å². The Morgan fingerprint density at radius 2 is 1.80 bits per heavy atom. The van der Waals surface area contributed by atoms with Crippen LogP contribution >= 0.6 is 0 Å². The van der Waals surface area contributed by atoms with Crippen LogP contribution in [0.5, 0.6) is 5.75 Å². The van der Waals surface area contributed by atoms with Crippen LogP contribution < -0.4 is 16.2 Å². The Labute approximate surface area is 172 Å². The van der Waals surface area contributed by atoms with Crippen molar-refractivity contribution in [2.45, 2.75) is 26.0 Å². The molecule has 0 aliphatic heterocycles. The van der Waals surface area contributed by atoms with Gasteiger partial charge in [-0.05, 0) is 30.7 Å². The van der Waals surface area contributed by atoms with Crippen molar-refractivity contribution in [3.05, 3.63) is 82.9 Å². The molecule has 0 aliphatic carbocycles. The first-order valence-corrected chi connectivity index (χ1v) is 9.32. The second-order valence-corrected chi connectivity index (χ2v) is 7.00. The number of nitrogen functional groups attached to an aromatic ring is 1. The SMILES string of the molecule is C[C@@H](N)c1cccc(-c2cc(N)c(F)c(COc3ccccc3CC(=O)O)c2)c1F. The fraction of sp³-hybridized carbons (Fsp3) is 0.174. The highest BCUT2D eigenvalue weighted by molar-refractivity contribution is 5.71. The number of hydrogen-bond donors (Lipinski definition) is 3. The molecule has 3 aromatic carbocycles. The van der Waals surface area contributed by atoms with Gasteiger partial charge < -0.3 is 21.3 Å². The molecule has 0 unspecified atom stereocenters. The minimum absolute atomic E-state index is 0.126. The Hall–Kier alpha value is -3.45. The lowest BCUT2D eigenvalue weighted by Gasteiger charge is -2.15. The van der Waals surface area contributed by atoms with Gasteiger partial charge in [0.1, 0.15) is 18.2 Å². The van der Waals surface area contributed by atoms with E-state index in [9.17, 15) is 13.6 Å². The fourth-order valence-corrected chi connectivity index (χ4v) is 3.20.